The molecule has 0 N–H and O–H groups in total. The number of hydrogen-bond acceptors (Lipinski definition) is 4. The molecule has 0 saturated carbocycles. The van der Waals surface area contributed by atoms with Gasteiger partial charge in [0.05, 0.1) is 17.9 Å². The van der Waals surface area contributed by atoms with Crippen molar-refractivity contribution in [3.05, 3.63) is 46.4 Å². The highest BCUT2D eigenvalue weighted by Crippen LogP contribution is 2.24. The predicted octanol–water partition coefficient (Wildman–Crippen LogP) is 4.34. The number of aromatic nitrogens is 1. The van der Waals surface area contributed by atoms with Crippen LogP contribution >= 0.6 is 23.1 Å². The van der Waals surface area contributed by atoms with Crippen molar-refractivity contribution in [1.82, 2.24) is 4.98 Å². The van der Waals surface area contributed by atoms with Crippen molar-refractivity contribution in [2.45, 2.75) is 37.5 Å². The Bertz CT molecular complexity index is 570. The van der Waals surface area contributed by atoms with Gasteiger partial charge >= 0.3 is 0 Å². The van der Waals surface area contributed by atoms with E-state index in [0.29, 0.717) is 12.2 Å². The van der Waals surface area contributed by atoms with Gasteiger partial charge in [0.15, 0.2) is 0 Å². The normalized spacial score (nSPS) is 11.6. The number of thiazole rings is 1. The molecule has 20 heavy (non-hydrogen) atoms. The summed E-state index contributed by atoms with van der Waals surface area (Å²) in [4.78, 5) is 17.7. The molecule has 0 aliphatic heterocycles. The van der Waals surface area contributed by atoms with E-state index in [1.807, 2.05) is 30.3 Å². The lowest BCUT2D eigenvalue weighted by atomic mass is 9.93. The number of Topliss-reactive ketones (excluding diaryl/α,β-unsaturated/α-hetero) is 1. The van der Waals surface area contributed by atoms with E-state index >= 15 is 0 Å². The Morgan fingerprint density at radius 1 is 1.25 bits per heavy atom. The van der Waals surface area contributed by atoms with Gasteiger partial charge in [0.1, 0.15) is 10.8 Å². The first-order chi connectivity index (χ1) is 9.45. The zero-order valence-corrected chi connectivity index (χ0v) is 13.7. The molecule has 4 heteroatoms. The maximum absolute atomic E-state index is 12.0. The highest BCUT2D eigenvalue weighted by Gasteiger charge is 2.18. The van der Waals surface area contributed by atoms with E-state index in [2.05, 4.69) is 31.1 Å². The van der Waals surface area contributed by atoms with Crippen LogP contribution in [0.25, 0.3) is 0 Å². The van der Waals surface area contributed by atoms with Crippen molar-refractivity contribution in [1.29, 1.82) is 0 Å². The second-order valence-corrected chi connectivity index (χ2v) is 7.69. The van der Waals surface area contributed by atoms with E-state index in [1.54, 1.807) is 23.1 Å². The molecular formula is C16H19NOS2. The van der Waals surface area contributed by atoms with Crippen molar-refractivity contribution < 1.29 is 4.79 Å². The molecule has 0 spiro atoms. The van der Waals surface area contributed by atoms with Gasteiger partial charge in [-0.3, -0.25) is 4.79 Å². The van der Waals surface area contributed by atoms with Crippen LogP contribution < -0.4 is 0 Å². The maximum Gasteiger partial charge on any atom is 0.149 e. The van der Waals surface area contributed by atoms with E-state index in [4.69, 9.17) is 0 Å². The van der Waals surface area contributed by atoms with Crippen LogP contribution in [0.15, 0.2) is 40.6 Å². The third-order valence-electron chi connectivity index (χ3n) is 2.81. The van der Waals surface area contributed by atoms with Crippen molar-refractivity contribution in [3.8, 4) is 0 Å². The maximum atomic E-state index is 12.0. The van der Waals surface area contributed by atoms with Gasteiger partial charge in [-0.2, -0.15) is 0 Å². The Balaban J connectivity index is 1.87. The number of rotatable bonds is 5. The molecule has 1 aromatic carbocycles. The summed E-state index contributed by atoms with van der Waals surface area (Å²) in [6.07, 6.45) is 0.445. The van der Waals surface area contributed by atoms with E-state index in [1.165, 1.54) is 0 Å². The molecule has 2 rings (SSSR count). The Labute approximate surface area is 128 Å². The minimum absolute atomic E-state index is 0.0522. The van der Waals surface area contributed by atoms with Gasteiger partial charge in [-0.1, -0.05) is 39.0 Å². The quantitative estimate of drug-likeness (QED) is 0.770. The van der Waals surface area contributed by atoms with Crippen LogP contribution in [0.4, 0.5) is 0 Å². The van der Waals surface area contributed by atoms with Crippen LogP contribution in [0.1, 0.15) is 31.5 Å². The molecule has 0 saturated heterocycles. The zero-order chi connectivity index (χ0) is 14.6. The molecule has 0 unspecified atom stereocenters. The van der Waals surface area contributed by atoms with Gasteiger partial charge in [0.25, 0.3) is 0 Å². The van der Waals surface area contributed by atoms with Gasteiger partial charge in [0.2, 0.25) is 0 Å². The number of ketones is 1. The lowest BCUT2D eigenvalue weighted by molar-refractivity contribution is -0.116. The highest BCUT2D eigenvalue weighted by molar-refractivity contribution is 8.00. The molecule has 2 nitrogen and oxygen atoms in total. The topological polar surface area (TPSA) is 30.0 Å². The Morgan fingerprint density at radius 2 is 1.95 bits per heavy atom. The van der Waals surface area contributed by atoms with Crippen molar-refractivity contribution in [2.24, 2.45) is 0 Å². The lowest BCUT2D eigenvalue weighted by Crippen LogP contribution is -2.12. The predicted molar refractivity (Wildman–Crippen MR) is 86.7 cm³/mol. The lowest BCUT2D eigenvalue weighted by Gasteiger charge is -2.14. The summed E-state index contributed by atoms with van der Waals surface area (Å²) in [5, 5.41) is 2.99. The summed E-state index contributed by atoms with van der Waals surface area (Å²) in [7, 11) is 0. The molecule has 1 heterocycles. The third kappa shape index (κ3) is 4.46. The summed E-state index contributed by atoms with van der Waals surface area (Å²) in [6.45, 7) is 6.41. The highest BCUT2D eigenvalue weighted by atomic mass is 32.2. The fourth-order valence-electron chi connectivity index (χ4n) is 1.64. The van der Waals surface area contributed by atoms with Gasteiger partial charge in [-0.25, -0.2) is 4.98 Å². The van der Waals surface area contributed by atoms with Crippen LogP contribution in [0.3, 0.4) is 0 Å². The van der Waals surface area contributed by atoms with E-state index in [-0.39, 0.29) is 11.2 Å². The fourth-order valence-corrected chi connectivity index (χ4v) is 3.47. The third-order valence-corrected chi connectivity index (χ3v) is 4.73. The minimum atomic E-state index is 0.0522. The number of carbonyl (C=O) groups is 1. The average molecular weight is 305 g/mol. The minimum Gasteiger partial charge on any atom is -0.298 e. The van der Waals surface area contributed by atoms with Gasteiger partial charge in [-0.05, 0) is 12.1 Å². The monoisotopic (exact) mass is 305 g/mol. The molecule has 0 fully saturated rings. The molecule has 0 aliphatic rings. The van der Waals surface area contributed by atoms with E-state index in [0.717, 1.165) is 15.6 Å². The second kappa shape index (κ2) is 6.55. The molecule has 0 aliphatic carbocycles. The smallest absolute Gasteiger partial charge is 0.149 e. The SMILES string of the molecule is CC(C)(C)c1csc(CC(=O)CSc2ccccc2)n1. The molecule has 106 valence electrons. The number of benzene rings is 1. The first-order valence-electron chi connectivity index (χ1n) is 6.59. The van der Waals surface area contributed by atoms with E-state index < -0.39 is 0 Å². The standard InChI is InChI=1S/C16H19NOS2/c1-16(2,3)14-11-20-15(17-14)9-12(18)10-19-13-7-5-4-6-8-13/h4-8,11H,9-10H2,1-3H3. The molecule has 0 atom stereocenters. The van der Waals surface area contributed by atoms with Crippen molar-refractivity contribution in [2.75, 3.05) is 5.75 Å². The Hall–Kier alpha value is -1.13. The molecule has 0 radical (unpaired) electrons. The van der Waals surface area contributed by atoms with Gasteiger partial charge < -0.3 is 0 Å². The number of carbonyl (C=O) groups excluding carboxylic acids is 1. The summed E-state index contributed by atoms with van der Waals surface area (Å²) in [5.74, 6) is 0.739. The van der Waals surface area contributed by atoms with Crippen LogP contribution in [0.2, 0.25) is 0 Å². The van der Waals surface area contributed by atoms with Crippen LogP contribution in [0.5, 0.6) is 0 Å². The van der Waals surface area contributed by atoms with E-state index in [9.17, 15) is 4.79 Å². The largest absolute Gasteiger partial charge is 0.298 e. The number of thioether (sulfide) groups is 1. The summed E-state index contributed by atoms with van der Waals surface area (Å²) < 4.78 is 0. The summed E-state index contributed by atoms with van der Waals surface area (Å²) >= 11 is 3.17. The van der Waals surface area contributed by atoms with Gasteiger partial charge in [-0.15, -0.1) is 23.1 Å². The molecule has 1 aromatic heterocycles. The molecule has 0 amide bonds. The first-order valence-corrected chi connectivity index (χ1v) is 8.46. The average Bonchev–Trinajstić information content (AvgIpc) is 2.86. The Kier molecular flexibility index (Phi) is 5.00. The number of hydrogen-bond donors (Lipinski definition) is 0. The first kappa shape index (κ1) is 15.3. The fraction of sp³-hybridized carbons (Fsp3) is 0.375. The summed E-state index contributed by atoms with van der Waals surface area (Å²) in [6, 6.07) is 10.0. The molecule has 2 aromatic rings. The van der Waals surface area contributed by atoms with Crippen LogP contribution in [-0.2, 0) is 16.6 Å². The summed E-state index contributed by atoms with van der Waals surface area (Å²) in [5.41, 5.74) is 1.12. The Morgan fingerprint density at radius 3 is 2.55 bits per heavy atom. The second-order valence-electron chi connectivity index (χ2n) is 5.69. The van der Waals surface area contributed by atoms with Gasteiger partial charge in [0, 0.05) is 15.7 Å². The van der Waals surface area contributed by atoms with Crippen LogP contribution in [0, 0.1) is 0 Å². The molecular weight excluding hydrogens is 286 g/mol. The molecule has 0 bridgehead atoms. The van der Waals surface area contributed by atoms with Crippen molar-refractivity contribution in [3.63, 3.8) is 0 Å². The zero-order valence-electron chi connectivity index (χ0n) is 12.1. The number of nitrogens with zero attached hydrogens (tertiary/aromatic N) is 1. The van der Waals surface area contributed by atoms with Crippen LogP contribution in [-0.4, -0.2) is 16.5 Å². The van der Waals surface area contributed by atoms with Crippen molar-refractivity contribution >= 4 is 28.9 Å².